The van der Waals surface area contributed by atoms with E-state index >= 15 is 0 Å². The van der Waals surface area contributed by atoms with Crippen molar-refractivity contribution in [1.29, 1.82) is 0 Å². The molecule has 29 heavy (non-hydrogen) atoms. The molecule has 0 rings (SSSR count). The molecular formula is Fe2O21S6. The van der Waals surface area contributed by atoms with Crippen molar-refractivity contribution in [3.8, 4) is 0 Å². The van der Waals surface area contributed by atoms with E-state index in [1.807, 2.05) is 0 Å². The molecule has 0 saturated carbocycles. The van der Waals surface area contributed by atoms with E-state index in [4.69, 9.17) is 0 Å². The zero-order chi connectivity index (χ0) is 23.1. The predicted octanol–water partition coefficient (Wildman–Crippen LogP) is -6.23. The summed E-state index contributed by atoms with van der Waals surface area (Å²) in [6.45, 7) is 0. The Bertz CT molecular complexity index is 854. The van der Waals surface area contributed by atoms with E-state index in [2.05, 4.69) is 10.9 Å². The van der Waals surface area contributed by atoms with Gasteiger partial charge in [-0.2, -0.15) is 10.9 Å². The van der Waals surface area contributed by atoms with Gasteiger partial charge in [0.2, 0.25) is 62.4 Å². The Morgan fingerprint density at radius 3 is 0.379 bits per heavy atom. The summed E-state index contributed by atoms with van der Waals surface area (Å²) in [6, 6.07) is 0. The molecule has 29 heteroatoms. The zero-order valence-electron chi connectivity index (χ0n) is 11.7. The SMILES string of the molecule is O=S(=O)([O-])OS(=O)(=O)[O-].O=S(=O)([O-])OS(=O)(=O)[O-].O=S(=O)([O-])OS(=O)(=O)[O-].[Fe+3].[Fe+3]. The molecule has 0 unspecified atom stereocenters. The van der Waals surface area contributed by atoms with E-state index in [9.17, 15) is 77.8 Å². The first-order valence-corrected chi connectivity index (χ1v) is 12.0. The minimum atomic E-state index is -5.43. The van der Waals surface area contributed by atoms with Crippen molar-refractivity contribution < 1.29 is 123 Å². The molecule has 0 fully saturated rings. The molecule has 0 atom stereocenters. The smallest absolute Gasteiger partial charge is 0.725 e. The Labute approximate surface area is 184 Å². The molecule has 178 valence electrons. The van der Waals surface area contributed by atoms with Crippen LogP contribution in [0.5, 0.6) is 0 Å². The molecule has 21 nitrogen and oxygen atoms in total. The average Bonchev–Trinajstić information content (AvgIpc) is 1.96. The van der Waals surface area contributed by atoms with Gasteiger partial charge in [0.15, 0.2) is 0 Å². The van der Waals surface area contributed by atoms with Crippen molar-refractivity contribution in [2.75, 3.05) is 0 Å². The third-order valence-corrected chi connectivity index (χ3v) is 4.50. The van der Waals surface area contributed by atoms with Gasteiger partial charge in [0, 0.05) is 0 Å². The topological polar surface area (TPSA) is 371 Å². The van der Waals surface area contributed by atoms with E-state index in [1.165, 1.54) is 0 Å². The van der Waals surface area contributed by atoms with Crippen molar-refractivity contribution >= 4 is 62.4 Å². The first kappa shape index (κ1) is 39.8. The van der Waals surface area contributed by atoms with Crippen LogP contribution >= 0.6 is 0 Å². The van der Waals surface area contributed by atoms with Crippen LogP contribution in [-0.2, 0) is 107 Å². The first-order valence-electron chi connectivity index (χ1n) is 4.00. The van der Waals surface area contributed by atoms with Crippen LogP contribution in [0.3, 0.4) is 0 Å². The van der Waals surface area contributed by atoms with Gasteiger partial charge in [0.05, 0.1) is 0 Å². The fourth-order valence-electron chi connectivity index (χ4n) is 0.306. The summed E-state index contributed by atoms with van der Waals surface area (Å²) in [5.41, 5.74) is 0. The number of rotatable bonds is 6. The molecule has 0 bridgehead atoms. The molecular weight excluding hydrogens is 640 g/mol. The second kappa shape index (κ2) is 13.7. The standard InChI is InChI=1S/2Fe.3H2O7S2/c;;3*1-8(2,3)7-9(4,5)6/h;;3*(H,1,2,3)(H,4,5,6)/q2*+3;;;/p-6. The molecule has 0 aromatic heterocycles. The average molecular weight is 640 g/mol. The van der Waals surface area contributed by atoms with Gasteiger partial charge in [-0.05, 0) is 0 Å². The maximum absolute atomic E-state index is 9.29. The molecule has 0 heterocycles. The van der Waals surface area contributed by atoms with Crippen molar-refractivity contribution in [1.82, 2.24) is 0 Å². The van der Waals surface area contributed by atoms with Crippen molar-refractivity contribution in [3.05, 3.63) is 0 Å². The normalized spacial score (nSPS) is 12.6. The monoisotopic (exact) mass is 640 g/mol. The van der Waals surface area contributed by atoms with Crippen LogP contribution in [-0.4, -0.2) is 77.8 Å². The minimum Gasteiger partial charge on any atom is -0.725 e. The molecule has 0 aliphatic heterocycles. The summed E-state index contributed by atoms with van der Waals surface area (Å²) in [4.78, 5) is 0. The number of hydrogen-bond donors (Lipinski definition) is 0. The Morgan fingerprint density at radius 2 is 0.379 bits per heavy atom. The van der Waals surface area contributed by atoms with Crippen LogP contribution in [0.1, 0.15) is 0 Å². The maximum atomic E-state index is 9.29. The van der Waals surface area contributed by atoms with Gasteiger partial charge in [-0.15, -0.1) is 0 Å². The summed E-state index contributed by atoms with van der Waals surface area (Å²) >= 11 is 0. The third-order valence-electron chi connectivity index (χ3n) is 0.500. The maximum Gasteiger partial charge on any atom is 3.00 e. The summed E-state index contributed by atoms with van der Waals surface area (Å²) < 4.78 is 175. The summed E-state index contributed by atoms with van der Waals surface area (Å²) in [5, 5.41) is 0. The summed E-state index contributed by atoms with van der Waals surface area (Å²) in [5.74, 6) is 0. The Kier molecular flexibility index (Phi) is 18.8. The Hall–Kier alpha value is 0.379. The van der Waals surface area contributed by atoms with Crippen molar-refractivity contribution in [2.45, 2.75) is 0 Å². The van der Waals surface area contributed by atoms with E-state index < -0.39 is 62.4 Å². The van der Waals surface area contributed by atoms with E-state index in [0.29, 0.717) is 0 Å². The Morgan fingerprint density at radius 1 is 0.310 bits per heavy atom. The summed E-state index contributed by atoms with van der Waals surface area (Å²) in [7, 11) is -32.6. The Balaban J connectivity index is -0.0000000960. The zero-order valence-corrected chi connectivity index (χ0v) is 18.8. The van der Waals surface area contributed by atoms with Gasteiger partial charge in [0.1, 0.15) is 0 Å². The van der Waals surface area contributed by atoms with E-state index in [-0.39, 0.29) is 34.1 Å². The van der Waals surface area contributed by atoms with Gasteiger partial charge in [-0.1, -0.05) is 0 Å². The summed E-state index contributed by atoms with van der Waals surface area (Å²) in [6.07, 6.45) is 0. The first-order chi connectivity index (χ1) is 11.1. The van der Waals surface area contributed by atoms with Crippen LogP contribution < -0.4 is 0 Å². The predicted molar refractivity (Wildman–Crippen MR) is 61.4 cm³/mol. The minimum absolute atomic E-state index is 0. The van der Waals surface area contributed by atoms with Gasteiger partial charge in [-0.25, -0.2) is 50.5 Å². The van der Waals surface area contributed by atoms with Gasteiger partial charge >= 0.3 is 34.1 Å². The number of hydrogen-bond acceptors (Lipinski definition) is 21. The van der Waals surface area contributed by atoms with Gasteiger partial charge in [0.25, 0.3) is 0 Å². The van der Waals surface area contributed by atoms with Crippen LogP contribution in [0.4, 0.5) is 0 Å². The molecule has 0 amide bonds. The van der Waals surface area contributed by atoms with E-state index in [0.717, 1.165) is 0 Å². The van der Waals surface area contributed by atoms with E-state index in [1.54, 1.807) is 0 Å². The molecule has 0 aromatic rings. The fourth-order valence-corrected chi connectivity index (χ4v) is 2.76. The quantitative estimate of drug-likeness (QED) is 0.148. The second-order valence-corrected chi connectivity index (χ2v) is 9.19. The van der Waals surface area contributed by atoms with Crippen LogP contribution in [0.15, 0.2) is 0 Å². The molecule has 0 spiro atoms. The van der Waals surface area contributed by atoms with Crippen molar-refractivity contribution in [3.63, 3.8) is 0 Å². The van der Waals surface area contributed by atoms with Gasteiger partial charge < -0.3 is 27.3 Å². The molecule has 0 N–H and O–H groups in total. The van der Waals surface area contributed by atoms with Gasteiger partial charge in [-0.3, -0.25) is 0 Å². The molecule has 0 aliphatic carbocycles. The van der Waals surface area contributed by atoms with Crippen LogP contribution in [0, 0.1) is 0 Å². The van der Waals surface area contributed by atoms with Crippen LogP contribution in [0.2, 0.25) is 0 Å². The van der Waals surface area contributed by atoms with Crippen molar-refractivity contribution in [2.24, 2.45) is 0 Å². The second-order valence-electron chi connectivity index (χ2n) is 2.65. The molecule has 0 saturated heterocycles. The molecule has 0 aromatic carbocycles. The third kappa shape index (κ3) is 58.5. The fraction of sp³-hybridized carbons (Fsp3) is 0. The van der Waals surface area contributed by atoms with Crippen LogP contribution in [0.25, 0.3) is 0 Å². The largest absolute Gasteiger partial charge is 3.00 e. The molecule has 2 radical (unpaired) electrons. The molecule has 0 aliphatic rings.